The van der Waals surface area contributed by atoms with E-state index in [1.165, 1.54) is 11.3 Å². The van der Waals surface area contributed by atoms with Crippen molar-refractivity contribution in [3.8, 4) is 11.3 Å². The molecule has 84 valence electrons. The maximum absolute atomic E-state index is 11.1. The van der Waals surface area contributed by atoms with Crippen LogP contribution in [0.3, 0.4) is 0 Å². The summed E-state index contributed by atoms with van der Waals surface area (Å²) in [5.41, 5.74) is 1.31. The first-order chi connectivity index (χ1) is 7.59. The minimum absolute atomic E-state index is 0.267. The van der Waals surface area contributed by atoms with Crippen molar-refractivity contribution in [1.29, 1.82) is 0 Å². The summed E-state index contributed by atoms with van der Waals surface area (Å²) in [5, 5.41) is 9.79. The number of nitrogens with one attached hydrogen (secondary N) is 1. The van der Waals surface area contributed by atoms with E-state index in [4.69, 9.17) is 5.11 Å². The molecule has 6 heteroatoms. The van der Waals surface area contributed by atoms with Crippen molar-refractivity contribution in [2.24, 2.45) is 0 Å². The van der Waals surface area contributed by atoms with Crippen molar-refractivity contribution in [2.75, 3.05) is 19.0 Å². The predicted octanol–water partition coefficient (Wildman–Crippen LogP) is 1.90. The van der Waals surface area contributed by atoms with Crippen molar-refractivity contribution in [2.45, 2.75) is 0 Å². The zero-order valence-electron chi connectivity index (χ0n) is 8.89. The second kappa shape index (κ2) is 3.97. The maximum Gasteiger partial charge on any atom is 0.348 e. The Morgan fingerprint density at radius 3 is 2.81 bits per heavy atom. The fourth-order valence-corrected chi connectivity index (χ4v) is 2.16. The standard InChI is InChI=1S/C10H11N3O2S/c1-13(2)10-12-7(6-3-4-11-5-6)8(16-10)9(14)15/h3-5,11H,1-2H3,(H,14,15). The number of thiazole rings is 1. The molecule has 2 N–H and O–H groups in total. The molecule has 0 spiro atoms. The van der Waals surface area contributed by atoms with Gasteiger partial charge in [-0.1, -0.05) is 11.3 Å². The zero-order chi connectivity index (χ0) is 11.7. The van der Waals surface area contributed by atoms with Gasteiger partial charge in [-0.3, -0.25) is 0 Å². The molecule has 0 aliphatic carbocycles. The second-order valence-electron chi connectivity index (χ2n) is 3.47. The van der Waals surface area contributed by atoms with Crippen LogP contribution in [0.15, 0.2) is 18.5 Å². The van der Waals surface area contributed by atoms with Crippen LogP contribution >= 0.6 is 11.3 Å². The average Bonchev–Trinajstić information content (AvgIpc) is 2.86. The Balaban J connectivity index is 2.55. The highest BCUT2D eigenvalue weighted by molar-refractivity contribution is 7.17. The van der Waals surface area contributed by atoms with Gasteiger partial charge in [0.15, 0.2) is 5.13 Å². The summed E-state index contributed by atoms with van der Waals surface area (Å²) in [6, 6.07) is 1.81. The summed E-state index contributed by atoms with van der Waals surface area (Å²) < 4.78 is 0. The lowest BCUT2D eigenvalue weighted by Gasteiger charge is -2.05. The molecule has 2 heterocycles. The molecule has 0 bridgehead atoms. The summed E-state index contributed by atoms with van der Waals surface area (Å²) in [7, 11) is 3.68. The predicted molar refractivity (Wildman–Crippen MR) is 63.2 cm³/mol. The molecule has 0 radical (unpaired) electrons. The Kier molecular flexibility index (Phi) is 2.66. The maximum atomic E-state index is 11.1. The van der Waals surface area contributed by atoms with Crippen molar-refractivity contribution in [3.05, 3.63) is 23.3 Å². The van der Waals surface area contributed by atoms with Crippen LogP contribution in [-0.2, 0) is 0 Å². The number of aromatic carboxylic acids is 1. The molecule has 0 aromatic carbocycles. The first kappa shape index (κ1) is 10.7. The molecule has 0 amide bonds. The largest absolute Gasteiger partial charge is 0.477 e. The number of hydrogen-bond donors (Lipinski definition) is 2. The Labute approximate surface area is 96.4 Å². The normalized spacial score (nSPS) is 10.4. The van der Waals surface area contributed by atoms with Gasteiger partial charge in [-0.15, -0.1) is 0 Å². The lowest BCUT2D eigenvalue weighted by atomic mass is 10.2. The number of rotatable bonds is 3. The minimum atomic E-state index is -0.943. The molecular formula is C10H11N3O2S. The van der Waals surface area contributed by atoms with E-state index >= 15 is 0 Å². The molecule has 0 saturated heterocycles. The highest BCUT2D eigenvalue weighted by Crippen LogP contribution is 2.31. The number of nitrogens with zero attached hydrogens (tertiary/aromatic N) is 2. The van der Waals surface area contributed by atoms with Crippen molar-refractivity contribution in [3.63, 3.8) is 0 Å². The summed E-state index contributed by atoms with van der Waals surface area (Å²) in [5.74, 6) is -0.943. The molecule has 16 heavy (non-hydrogen) atoms. The Hall–Kier alpha value is -1.82. The van der Waals surface area contributed by atoms with Crippen molar-refractivity contribution >= 4 is 22.4 Å². The lowest BCUT2D eigenvalue weighted by Crippen LogP contribution is -2.07. The van der Waals surface area contributed by atoms with Gasteiger partial charge in [-0.25, -0.2) is 9.78 Å². The van der Waals surface area contributed by atoms with Gasteiger partial charge in [-0.2, -0.15) is 0 Å². The van der Waals surface area contributed by atoms with Gasteiger partial charge in [0.25, 0.3) is 0 Å². The van der Waals surface area contributed by atoms with E-state index < -0.39 is 5.97 Å². The summed E-state index contributed by atoms with van der Waals surface area (Å²) in [4.78, 5) is 20.4. The Bertz CT molecular complexity index is 502. The minimum Gasteiger partial charge on any atom is -0.477 e. The van der Waals surface area contributed by atoms with Crippen LogP contribution in [0.5, 0.6) is 0 Å². The topological polar surface area (TPSA) is 69.2 Å². The third-order valence-corrected chi connectivity index (χ3v) is 3.28. The monoisotopic (exact) mass is 237 g/mol. The Morgan fingerprint density at radius 2 is 2.31 bits per heavy atom. The molecule has 0 fully saturated rings. The number of carboxylic acids is 1. The fourth-order valence-electron chi connectivity index (χ4n) is 1.31. The molecule has 2 aromatic heterocycles. The molecule has 2 aromatic rings. The first-order valence-electron chi connectivity index (χ1n) is 4.64. The van der Waals surface area contributed by atoms with Crippen LogP contribution in [0.1, 0.15) is 9.67 Å². The Morgan fingerprint density at radius 1 is 1.56 bits per heavy atom. The van der Waals surface area contributed by atoms with Crippen LogP contribution in [0.4, 0.5) is 5.13 Å². The van der Waals surface area contributed by atoms with Gasteiger partial charge in [0.1, 0.15) is 4.88 Å². The van der Waals surface area contributed by atoms with Gasteiger partial charge in [0.05, 0.1) is 5.69 Å². The number of carboxylic acid groups (broad SMARTS) is 1. The number of hydrogen-bond acceptors (Lipinski definition) is 4. The third-order valence-electron chi connectivity index (χ3n) is 2.06. The molecular weight excluding hydrogens is 226 g/mol. The molecule has 5 nitrogen and oxygen atoms in total. The molecule has 2 rings (SSSR count). The van der Waals surface area contributed by atoms with Crippen LogP contribution in [0.2, 0.25) is 0 Å². The smallest absolute Gasteiger partial charge is 0.348 e. The van der Waals surface area contributed by atoms with E-state index in [0.717, 1.165) is 5.56 Å². The fraction of sp³-hybridized carbons (Fsp3) is 0.200. The summed E-state index contributed by atoms with van der Waals surface area (Å²) >= 11 is 1.18. The first-order valence-corrected chi connectivity index (χ1v) is 5.46. The number of anilines is 1. The lowest BCUT2D eigenvalue weighted by molar-refractivity contribution is 0.0702. The van der Waals surface area contributed by atoms with Gasteiger partial charge in [0, 0.05) is 32.1 Å². The zero-order valence-corrected chi connectivity index (χ0v) is 9.71. The SMILES string of the molecule is CN(C)c1nc(-c2cc[nH]c2)c(C(=O)O)s1. The number of aromatic amines is 1. The van der Waals surface area contributed by atoms with Gasteiger partial charge < -0.3 is 15.0 Å². The molecule has 0 aliphatic heterocycles. The van der Waals surface area contributed by atoms with Crippen LogP contribution < -0.4 is 4.90 Å². The third kappa shape index (κ3) is 1.79. The number of H-pyrrole nitrogens is 1. The van der Waals surface area contributed by atoms with Gasteiger partial charge in [0.2, 0.25) is 0 Å². The molecule has 0 aliphatic rings. The van der Waals surface area contributed by atoms with Crippen molar-refractivity contribution < 1.29 is 9.90 Å². The van der Waals surface area contributed by atoms with Gasteiger partial charge >= 0.3 is 5.97 Å². The molecule has 0 unspecified atom stereocenters. The van der Waals surface area contributed by atoms with E-state index in [1.54, 1.807) is 23.4 Å². The van der Waals surface area contributed by atoms with Crippen LogP contribution in [0, 0.1) is 0 Å². The van der Waals surface area contributed by atoms with Crippen LogP contribution in [-0.4, -0.2) is 35.1 Å². The van der Waals surface area contributed by atoms with E-state index in [1.807, 2.05) is 14.1 Å². The number of carbonyl (C=O) groups is 1. The highest BCUT2D eigenvalue weighted by Gasteiger charge is 2.19. The summed E-state index contributed by atoms with van der Waals surface area (Å²) in [6.07, 6.45) is 3.48. The second-order valence-corrected chi connectivity index (χ2v) is 4.45. The van der Waals surface area contributed by atoms with E-state index in [-0.39, 0.29) is 4.88 Å². The average molecular weight is 237 g/mol. The van der Waals surface area contributed by atoms with Crippen LogP contribution in [0.25, 0.3) is 11.3 Å². The quantitative estimate of drug-likeness (QED) is 0.855. The van der Waals surface area contributed by atoms with E-state index in [0.29, 0.717) is 10.8 Å². The molecule has 0 atom stereocenters. The number of aromatic nitrogens is 2. The van der Waals surface area contributed by atoms with E-state index in [9.17, 15) is 4.79 Å². The highest BCUT2D eigenvalue weighted by atomic mass is 32.1. The van der Waals surface area contributed by atoms with Crippen molar-refractivity contribution in [1.82, 2.24) is 9.97 Å². The van der Waals surface area contributed by atoms with E-state index in [2.05, 4.69) is 9.97 Å². The molecule has 0 saturated carbocycles. The van der Waals surface area contributed by atoms with Gasteiger partial charge in [-0.05, 0) is 6.07 Å². The summed E-state index contributed by atoms with van der Waals surface area (Å²) in [6.45, 7) is 0.